The van der Waals surface area contributed by atoms with E-state index in [-0.39, 0.29) is 11.5 Å². The van der Waals surface area contributed by atoms with E-state index in [1.165, 1.54) is 6.07 Å². The molecule has 8 nitrogen and oxygen atoms in total. The van der Waals surface area contributed by atoms with E-state index in [1.54, 1.807) is 18.7 Å². The molecule has 8 heteroatoms. The summed E-state index contributed by atoms with van der Waals surface area (Å²) < 4.78 is 10.9. The fourth-order valence-corrected chi connectivity index (χ4v) is 2.87. The highest BCUT2D eigenvalue weighted by Crippen LogP contribution is 2.23. The summed E-state index contributed by atoms with van der Waals surface area (Å²) in [5.41, 5.74) is 1.48. The number of aromatic amines is 1. The van der Waals surface area contributed by atoms with Gasteiger partial charge in [-0.15, -0.1) is 0 Å². The maximum atomic E-state index is 12.9. The monoisotopic (exact) mass is 332 g/mol. The summed E-state index contributed by atoms with van der Waals surface area (Å²) in [5, 5.41) is 3.94. The number of amides is 1. The predicted octanol–water partition coefficient (Wildman–Crippen LogP) is 1.15. The van der Waals surface area contributed by atoms with E-state index in [9.17, 15) is 9.59 Å². The second kappa shape index (κ2) is 6.56. The number of carbonyl (C=O) groups is 1. The highest BCUT2D eigenvalue weighted by Gasteiger charge is 2.30. The number of ether oxygens (including phenoxy) is 1. The molecule has 0 spiro atoms. The first-order chi connectivity index (χ1) is 11.5. The standard InChI is InChI=1S/C16H20N4O4/c1-4-11-15(9(2)24-19-11)16(22)20-5-6-23-13(8-20)12-7-14(21)18-10(3)17-12/h7,13H,4-6,8H2,1-3H3,(H,17,18,21)/t13-/m1/s1. The van der Waals surface area contributed by atoms with Gasteiger partial charge in [0.15, 0.2) is 0 Å². The van der Waals surface area contributed by atoms with Crippen LogP contribution in [0.25, 0.3) is 0 Å². The highest BCUT2D eigenvalue weighted by atomic mass is 16.5. The third-order valence-corrected chi connectivity index (χ3v) is 4.05. The number of aryl methyl sites for hydroxylation is 3. The molecule has 1 fully saturated rings. The predicted molar refractivity (Wildman–Crippen MR) is 84.8 cm³/mol. The van der Waals surface area contributed by atoms with E-state index < -0.39 is 6.10 Å². The maximum absolute atomic E-state index is 12.9. The van der Waals surface area contributed by atoms with Crippen molar-refractivity contribution < 1.29 is 14.1 Å². The summed E-state index contributed by atoms with van der Waals surface area (Å²) in [6.45, 7) is 6.58. The van der Waals surface area contributed by atoms with Gasteiger partial charge in [0, 0.05) is 12.6 Å². The zero-order valence-electron chi connectivity index (χ0n) is 14.0. The van der Waals surface area contributed by atoms with Crippen LogP contribution < -0.4 is 5.56 Å². The van der Waals surface area contributed by atoms with Gasteiger partial charge in [0.2, 0.25) is 0 Å². The first-order valence-corrected chi connectivity index (χ1v) is 7.93. The SMILES string of the molecule is CCc1noc(C)c1C(=O)N1CCO[C@@H](c2cc(=O)[nH]c(C)n2)C1. The van der Waals surface area contributed by atoms with Crippen LogP contribution in [0.4, 0.5) is 0 Å². The Morgan fingerprint density at radius 3 is 2.96 bits per heavy atom. The molecule has 1 N–H and O–H groups in total. The molecule has 1 saturated heterocycles. The van der Waals surface area contributed by atoms with Crippen molar-refractivity contribution in [3.05, 3.63) is 45.0 Å². The fourth-order valence-electron chi connectivity index (χ4n) is 2.87. The van der Waals surface area contributed by atoms with Gasteiger partial charge >= 0.3 is 0 Å². The lowest BCUT2D eigenvalue weighted by Gasteiger charge is -2.32. The molecule has 2 aromatic heterocycles. The molecular weight excluding hydrogens is 312 g/mol. The van der Waals surface area contributed by atoms with Gasteiger partial charge in [-0.2, -0.15) is 0 Å². The van der Waals surface area contributed by atoms with Gasteiger partial charge in [0.25, 0.3) is 11.5 Å². The van der Waals surface area contributed by atoms with Crippen LogP contribution in [0.15, 0.2) is 15.4 Å². The van der Waals surface area contributed by atoms with Crippen LogP contribution in [0.2, 0.25) is 0 Å². The summed E-state index contributed by atoms with van der Waals surface area (Å²) in [4.78, 5) is 33.1. The molecule has 1 aliphatic heterocycles. The van der Waals surface area contributed by atoms with Crippen molar-refractivity contribution in [3.8, 4) is 0 Å². The van der Waals surface area contributed by atoms with Crippen LogP contribution in [0, 0.1) is 13.8 Å². The molecule has 2 aromatic rings. The van der Waals surface area contributed by atoms with Crippen molar-refractivity contribution in [1.29, 1.82) is 0 Å². The molecule has 1 amide bonds. The third kappa shape index (κ3) is 3.09. The third-order valence-electron chi connectivity index (χ3n) is 4.05. The Kier molecular flexibility index (Phi) is 4.48. The highest BCUT2D eigenvalue weighted by molar-refractivity contribution is 5.96. The van der Waals surface area contributed by atoms with Gasteiger partial charge in [-0.25, -0.2) is 4.98 Å². The van der Waals surface area contributed by atoms with Crippen molar-refractivity contribution >= 4 is 5.91 Å². The Hall–Kier alpha value is -2.48. The molecule has 1 atom stereocenters. The molecule has 0 aliphatic carbocycles. The van der Waals surface area contributed by atoms with E-state index in [2.05, 4.69) is 15.1 Å². The molecule has 0 bridgehead atoms. The number of aromatic nitrogens is 3. The molecule has 0 saturated carbocycles. The lowest BCUT2D eigenvalue weighted by atomic mass is 10.1. The van der Waals surface area contributed by atoms with Crippen LogP contribution >= 0.6 is 0 Å². The normalized spacial score (nSPS) is 18.0. The number of hydrogen-bond acceptors (Lipinski definition) is 6. The molecule has 1 aliphatic rings. The lowest BCUT2D eigenvalue weighted by Crippen LogP contribution is -2.43. The van der Waals surface area contributed by atoms with Crippen LogP contribution in [0.5, 0.6) is 0 Å². The zero-order valence-corrected chi connectivity index (χ0v) is 14.0. The zero-order chi connectivity index (χ0) is 17.3. The van der Waals surface area contributed by atoms with Crippen molar-refractivity contribution in [2.24, 2.45) is 0 Å². The summed E-state index contributed by atoms with van der Waals surface area (Å²) in [6.07, 6.45) is 0.204. The topological polar surface area (TPSA) is 101 Å². The average molecular weight is 332 g/mol. The summed E-state index contributed by atoms with van der Waals surface area (Å²) in [6, 6.07) is 1.41. The fraction of sp³-hybridized carbons (Fsp3) is 0.500. The molecule has 3 rings (SSSR count). The van der Waals surface area contributed by atoms with E-state index in [0.29, 0.717) is 54.7 Å². The van der Waals surface area contributed by atoms with Crippen LogP contribution in [0.3, 0.4) is 0 Å². The van der Waals surface area contributed by atoms with Crippen LogP contribution in [-0.2, 0) is 11.2 Å². The Balaban J connectivity index is 1.84. The van der Waals surface area contributed by atoms with Gasteiger partial charge in [0.1, 0.15) is 23.3 Å². The number of nitrogens with zero attached hydrogens (tertiary/aromatic N) is 3. The Labute approximate surface area is 138 Å². The smallest absolute Gasteiger partial charge is 0.259 e. The lowest BCUT2D eigenvalue weighted by molar-refractivity contribution is -0.0249. The number of morpholine rings is 1. The minimum absolute atomic E-state index is 0.125. The second-order valence-electron chi connectivity index (χ2n) is 5.78. The number of carbonyl (C=O) groups excluding carboxylic acids is 1. The Bertz CT molecular complexity index is 811. The van der Waals surface area contributed by atoms with Crippen LogP contribution in [-0.4, -0.2) is 45.6 Å². The quantitative estimate of drug-likeness (QED) is 0.905. The van der Waals surface area contributed by atoms with Crippen molar-refractivity contribution in [2.45, 2.75) is 33.3 Å². The molecule has 128 valence electrons. The van der Waals surface area contributed by atoms with Gasteiger partial charge in [0.05, 0.1) is 24.5 Å². The number of hydrogen-bond donors (Lipinski definition) is 1. The molecule has 0 aromatic carbocycles. The largest absolute Gasteiger partial charge is 0.368 e. The van der Waals surface area contributed by atoms with E-state index in [0.717, 1.165) is 0 Å². The first kappa shape index (κ1) is 16.4. The van der Waals surface area contributed by atoms with Gasteiger partial charge < -0.3 is 19.1 Å². The average Bonchev–Trinajstić information content (AvgIpc) is 2.94. The van der Waals surface area contributed by atoms with E-state index >= 15 is 0 Å². The van der Waals surface area contributed by atoms with Gasteiger partial charge in [-0.1, -0.05) is 12.1 Å². The molecule has 3 heterocycles. The minimum atomic E-state index is -0.422. The minimum Gasteiger partial charge on any atom is -0.368 e. The Morgan fingerprint density at radius 1 is 1.46 bits per heavy atom. The molecular formula is C16H20N4O4. The van der Waals surface area contributed by atoms with E-state index in [4.69, 9.17) is 9.26 Å². The summed E-state index contributed by atoms with van der Waals surface area (Å²) in [7, 11) is 0. The number of rotatable bonds is 3. The maximum Gasteiger partial charge on any atom is 0.259 e. The van der Waals surface area contributed by atoms with Crippen LogP contribution in [0.1, 0.15) is 46.4 Å². The van der Waals surface area contributed by atoms with Crippen molar-refractivity contribution in [2.75, 3.05) is 19.7 Å². The second-order valence-corrected chi connectivity index (χ2v) is 5.78. The number of H-pyrrole nitrogens is 1. The van der Waals surface area contributed by atoms with E-state index in [1.807, 2.05) is 6.92 Å². The van der Waals surface area contributed by atoms with Gasteiger partial charge in [-0.3, -0.25) is 9.59 Å². The van der Waals surface area contributed by atoms with Gasteiger partial charge in [-0.05, 0) is 20.3 Å². The van der Waals surface area contributed by atoms with Crippen molar-refractivity contribution in [3.63, 3.8) is 0 Å². The molecule has 24 heavy (non-hydrogen) atoms. The first-order valence-electron chi connectivity index (χ1n) is 7.93. The number of nitrogens with one attached hydrogen (secondary N) is 1. The Morgan fingerprint density at radius 2 is 2.25 bits per heavy atom. The summed E-state index contributed by atoms with van der Waals surface area (Å²) >= 11 is 0. The molecule has 0 unspecified atom stereocenters. The summed E-state index contributed by atoms with van der Waals surface area (Å²) in [5.74, 6) is 0.915. The van der Waals surface area contributed by atoms with Crippen molar-refractivity contribution in [1.82, 2.24) is 20.0 Å². The molecule has 0 radical (unpaired) electrons.